The van der Waals surface area contributed by atoms with Crippen LogP contribution in [0.1, 0.15) is 32.3 Å². The molecule has 1 saturated heterocycles. The average Bonchev–Trinajstić information content (AvgIpc) is 2.76. The van der Waals surface area contributed by atoms with Crippen molar-refractivity contribution in [3.63, 3.8) is 0 Å². The normalized spacial score (nSPS) is 15.6. The number of piperidine rings is 1. The summed E-state index contributed by atoms with van der Waals surface area (Å²) in [6, 6.07) is 12.8. The van der Waals surface area contributed by atoms with Crippen LogP contribution in [-0.4, -0.2) is 30.1 Å². The standard InChI is InChI=1S/C25H27Cl2N3O2/c1-15-8-10-30(11-9-15)24-12-16(2)20-14-19(5-6-22(20)29-24)28-25(31)17(3)32-23-7-4-18(26)13-21(23)27/h4-7,12-15,17H,8-11H2,1-3H3,(H,28,31)/t17-/m1/s1. The van der Waals surface area contributed by atoms with Crippen LogP contribution in [0.3, 0.4) is 0 Å². The molecule has 0 radical (unpaired) electrons. The van der Waals surface area contributed by atoms with E-state index in [1.807, 2.05) is 18.2 Å². The van der Waals surface area contributed by atoms with Gasteiger partial charge in [-0.25, -0.2) is 4.98 Å². The number of fused-ring (bicyclic) bond motifs is 1. The quantitative estimate of drug-likeness (QED) is 0.461. The van der Waals surface area contributed by atoms with E-state index in [0.717, 1.165) is 41.3 Å². The molecule has 1 aliphatic rings. The van der Waals surface area contributed by atoms with E-state index >= 15 is 0 Å². The Balaban J connectivity index is 1.47. The Bertz CT molecular complexity index is 1140. The highest BCUT2D eigenvalue weighted by molar-refractivity contribution is 6.35. The first kappa shape index (κ1) is 22.7. The number of benzene rings is 2. The molecule has 2 aromatic carbocycles. The number of halogens is 2. The van der Waals surface area contributed by atoms with E-state index in [9.17, 15) is 4.79 Å². The lowest BCUT2D eigenvalue weighted by atomic mass is 9.99. The smallest absolute Gasteiger partial charge is 0.265 e. The minimum atomic E-state index is -0.729. The predicted octanol–water partition coefficient (Wildman–Crippen LogP) is 6.49. The summed E-state index contributed by atoms with van der Waals surface area (Å²) in [5.41, 5.74) is 2.76. The third-order valence-corrected chi connectivity index (χ3v) is 6.47. The highest BCUT2D eigenvalue weighted by atomic mass is 35.5. The van der Waals surface area contributed by atoms with Crippen LogP contribution < -0.4 is 15.0 Å². The Morgan fingerprint density at radius 2 is 1.91 bits per heavy atom. The summed E-state index contributed by atoms with van der Waals surface area (Å²) in [4.78, 5) is 19.9. The molecule has 1 atom stereocenters. The first-order valence-corrected chi connectivity index (χ1v) is 11.6. The van der Waals surface area contributed by atoms with Crippen molar-refractivity contribution in [3.05, 3.63) is 58.1 Å². The Kier molecular flexibility index (Phi) is 6.77. The Morgan fingerprint density at radius 1 is 1.16 bits per heavy atom. The number of carbonyl (C=O) groups excluding carboxylic acids is 1. The van der Waals surface area contributed by atoms with Crippen LogP contribution in [0.4, 0.5) is 11.5 Å². The van der Waals surface area contributed by atoms with Gasteiger partial charge in [0, 0.05) is 29.2 Å². The molecule has 7 heteroatoms. The third-order valence-electron chi connectivity index (χ3n) is 5.94. The molecule has 0 saturated carbocycles. The van der Waals surface area contributed by atoms with Crippen LogP contribution >= 0.6 is 23.2 Å². The monoisotopic (exact) mass is 471 g/mol. The van der Waals surface area contributed by atoms with Crippen molar-refractivity contribution < 1.29 is 9.53 Å². The fraction of sp³-hybridized carbons (Fsp3) is 0.360. The molecule has 0 spiro atoms. The summed E-state index contributed by atoms with van der Waals surface area (Å²) in [5.74, 6) is 1.96. The molecular formula is C25H27Cl2N3O2. The number of nitrogens with zero attached hydrogens (tertiary/aromatic N) is 2. The van der Waals surface area contributed by atoms with Crippen LogP contribution in [0.25, 0.3) is 10.9 Å². The second-order valence-electron chi connectivity index (χ2n) is 8.52. The van der Waals surface area contributed by atoms with Gasteiger partial charge in [0.15, 0.2) is 6.10 Å². The predicted molar refractivity (Wildman–Crippen MR) is 132 cm³/mol. The van der Waals surface area contributed by atoms with Crippen LogP contribution in [0.2, 0.25) is 10.0 Å². The number of rotatable bonds is 5. The second kappa shape index (κ2) is 9.55. The minimum absolute atomic E-state index is 0.264. The van der Waals surface area contributed by atoms with Gasteiger partial charge in [0.2, 0.25) is 0 Å². The van der Waals surface area contributed by atoms with Crippen molar-refractivity contribution in [2.45, 2.75) is 39.7 Å². The molecule has 1 fully saturated rings. The minimum Gasteiger partial charge on any atom is -0.479 e. The molecule has 0 unspecified atom stereocenters. The number of aryl methyl sites for hydroxylation is 1. The molecule has 32 heavy (non-hydrogen) atoms. The first-order chi connectivity index (χ1) is 15.3. The van der Waals surface area contributed by atoms with Crippen LogP contribution in [0, 0.1) is 12.8 Å². The van der Waals surface area contributed by atoms with E-state index in [1.54, 1.807) is 25.1 Å². The number of hydrogen-bond donors (Lipinski definition) is 1. The number of aromatic nitrogens is 1. The average molecular weight is 472 g/mol. The Labute approximate surface area is 198 Å². The summed E-state index contributed by atoms with van der Waals surface area (Å²) >= 11 is 12.1. The van der Waals surface area contributed by atoms with E-state index in [0.29, 0.717) is 21.5 Å². The van der Waals surface area contributed by atoms with E-state index < -0.39 is 6.10 Å². The van der Waals surface area contributed by atoms with Crippen molar-refractivity contribution in [2.24, 2.45) is 5.92 Å². The third kappa shape index (κ3) is 5.11. The molecule has 0 bridgehead atoms. The lowest BCUT2D eigenvalue weighted by Gasteiger charge is -2.31. The number of anilines is 2. The van der Waals surface area contributed by atoms with Gasteiger partial charge in [0.25, 0.3) is 5.91 Å². The maximum absolute atomic E-state index is 12.7. The summed E-state index contributed by atoms with van der Waals surface area (Å²) in [5, 5.41) is 4.82. The fourth-order valence-electron chi connectivity index (χ4n) is 3.91. The first-order valence-electron chi connectivity index (χ1n) is 10.9. The van der Waals surface area contributed by atoms with Gasteiger partial charge in [-0.05, 0) is 80.6 Å². The summed E-state index contributed by atoms with van der Waals surface area (Å²) in [7, 11) is 0. The maximum Gasteiger partial charge on any atom is 0.265 e. The number of nitrogens with one attached hydrogen (secondary N) is 1. The van der Waals surface area contributed by atoms with Gasteiger partial charge in [-0.2, -0.15) is 0 Å². The summed E-state index contributed by atoms with van der Waals surface area (Å²) in [6.07, 6.45) is 1.67. The largest absolute Gasteiger partial charge is 0.479 e. The molecule has 3 aromatic rings. The zero-order chi connectivity index (χ0) is 22.8. The van der Waals surface area contributed by atoms with E-state index in [1.165, 1.54) is 12.8 Å². The highest BCUT2D eigenvalue weighted by Gasteiger charge is 2.19. The van der Waals surface area contributed by atoms with E-state index in [4.69, 9.17) is 32.9 Å². The zero-order valence-corrected chi connectivity index (χ0v) is 20.0. The molecular weight excluding hydrogens is 445 g/mol. The lowest BCUT2D eigenvalue weighted by molar-refractivity contribution is -0.122. The molecule has 2 heterocycles. The Hall–Kier alpha value is -2.50. The van der Waals surface area contributed by atoms with Gasteiger partial charge >= 0.3 is 0 Å². The van der Waals surface area contributed by atoms with E-state index in [-0.39, 0.29) is 5.91 Å². The molecule has 0 aliphatic carbocycles. The number of carbonyl (C=O) groups is 1. The van der Waals surface area contributed by atoms with Crippen molar-refractivity contribution in [3.8, 4) is 5.75 Å². The van der Waals surface area contributed by atoms with Crippen molar-refractivity contribution in [2.75, 3.05) is 23.3 Å². The SMILES string of the molecule is Cc1cc(N2CCC(C)CC2)nc2ccc(NC(=O)[C@@H](C)Oc3ccc(Cl)cc3Cl)cc12. The Morgan fingerprint density at radius 3 is 2.62 bits per heavy atom. The van der Waals surface area contributed by atoms with Crippen molar-refractivity contribution >= 4 is 51.5 Å². The van der Waals surface area contributed by atoms with E-state index in [2.05, 4.69) is 30.1 Å². The zero-order valence-electron chi connectivity index (χ0n) is 18.5. The van der Waals surface area contributed by atoms with Gasteiger partial charge < -0.3 is 15.0 Å². The number of amides is 1. The van der Waals surface area contributed by atoms with Crippen molar-refractivity contribution in [1.29, 1.82) is 0 Å². The van der Waals surface area contributed by atoms with Gasteiger partial charge in [0.05, 0.1) is 10.5 Å². The van der Waals surface area contributed by atoms with Gasteiger partial charge in [0.1, 0.15) is 11.6 Å². The molecule has 1 N–H and O–H groups in total. The fourth-order valence-corrected chi connectivity index (χ4v) is 4.37. The summed E-state index contributed by atoms with van der Waals surface area (Å²) < 4.78 is 5.72. The van der Waals surface area contributed by atoms with Crippen LogP contribution in [0.5, 0.6) is 5.75 Å². The number of pyridine rings is 1. The molecule has 1 aromatic heterocycles. The second-order valence-corrected chi connectivity index (χ2v) is 9.37. The van der Waals surface area contributed by atoms with Crippen LogP contribution in [-0.2, 0) is 4.79 Å². The van der Waals surface area contributed by atoms with Gasteiger partial charge in [-0.1, -0.05) is 30.1 Å². The van der Waals surface area contributed by atoms with Gasteiger partial charge in [-0.3, -0.25) is 4.79 Å². The highest BCUT2D eigenvalue weighted by Crippen LogP contribution is 2.30. The lowest BCUT2D eigenvalue weighted by Crippen LogP contribution is -2.33. The molecule has 5 nitrogen and oxygen atoms in total. The molecule has 1 amide bonds. The van der Waals surface area contributed by atoms with Gasteiger partial charge in [-0.15, -0.1) is 0 Å². The summed E-state index contributed by atoms with van der Waals surface area (Å²) in [6.45, 7) is 8.16. The number of ether oxygens (including phenoxy) is 1. The maximum atomic E-state index is 12.7. The van der Waals surface area contributed by atoms with Crippen molar-refractivity contribution in [1.82, 2.24) is 4.98 Å². The number of hydrogen-bond acceptors (Lipinski definition) is 4. The topological polar surface area (TPSA) is 54.5 Å². The van der Waals surface area contributed by atoms with Crippen LogP contribution in [0.15, 0.2) is 42.5 Å². The molecule has 4 rings (SSSR count). The molecule has 168 valence electrons. The molecule has 1 aliphatic heterocycles.